The lowest BCUT2D eigenvalue weighted by Gasteiger charge is -2.24. The van der Waals surface area contributed by atoms with Gasteiger partial charge in [-0.1, -0.05) is 31.5 Å². The SMILES string of the molecule is CCCCN(C(=O)c1nn2ccccc2c1C)c1ccccc1C(=O)OC. The van der Waals surface area contributed by atoms with Crippen molar-refractivity contribution in [3.8, 4) is 0 Å². The van der Waals surface area contributed by atoms with E-state index in [9.17, 15) is 9.59 Å². The second-order valence-corrected chi connectivity index (χ2v) is 6.32. The van der Waals surface area contributed by atoms with Gasteiger partial charge in [0, 0.05) is 18.3 Å². The van der Waals surface area contributed by atoms with E-state index in [0.717, 1.165) is 23.9 Å². The molecule has 0 radical (unpaired) electrons. The average Bonchev–Trinajstić information content (AvgIpc) is 3.04. The summed E-state index contributed by atoms with van der Waals surface area (Å²) in [5.41, 5.74) is 3.00. The van der Waals surface area contributed by atoms with Gasteiger partial charge in [0.05, 0.1) is 23.9 Å². The summed E-state index contributed by atoms with van der Waals surface area (Å²) in [5.74, 6) is -0.687. The minimum atomic E-state index is -0.466. The molecule has 0 bridgehead atoms. The van der Waals surface area contributed by atoms with E-state index < -0.39 is 5.97 Å². The fourth-order valence-electron chi connectivity index (χ4n) is 3.09. The summed E-state index contributed by atoms with van der Waals surface area (Å²) in [5, 5.41) is 4.47. The minimum Gasteiger partial charge on any atom is -0.465 e. The predicted octanol–water partition coefficient (Wildman–Crippen LogP) is 3.88. The fraction of sp³-hybridized carbons (Fsp3) is 0.286. The Morgan fingerprint density at radius 2 is 1.89 bits per heavy atom. The number of unbranched alkanes of at least 4 members (excludes halogenated alkanes) is 1. The van der Waals surface area contributed by atoms with E-state index in [1.54, 1.807) is 27.6 Å². The summed E-state index contributed by atoms with van der Waals surface area (Å²) in [4.78, 5) is 27.2. The fourth-order valence-corrected chi connectivity index (χ4v) is 3.09. The molecule has 27 heavy (non-hydrogen) atoms. The van der Waals surface area contributed by atoms with Crippen molar-refractivity contribution >= 4 is 23.1 Å². The largest absolute Gasteiger partial charge is 0.465 e. The third-order valence-corrected chi connectivity index (χ3v) is 4.57. The van der Waals surface area contributed by atoms with Gasteiger partial charge < -0.3 is 9.64 Å². The van der Waals surface area contributed by atoms with Crippen LogP contribution in [-0.4, -0.2) is 35.1 Å². The molecule has 0 unspecified atom stereocenters. The predicted molar refractivity (Wildman–Crippen MR) is 104 cm³/mol. The highest BCUT2D eigenvalue weighted by atomic mass is 16.5. The molecular formula is C21H23N3O3. The molecular weight excluding hydrogens is 342 g/mol. The third kappa shape index (κ3) is 3.56. The molecule has 3 rings (SSSR count). The van der Waals surface area contributed by atoms with Crippen LogP contribution >= 0.6 is 0 Å². The van der Waals surface area contributed by atoms with Crippen molar-refractivity contribution in [2.24, 2.45) is 0 Å². The summed E-state index contributed by atoms with van der Waals surface area (Å²) in [6, 6.07) is 12.7. The van der Waals surface area contributed by atoms with Crippen LogP contribution in [0.15, 0.2) is 48.7 Å². The molecule has 0 spiro atoms. The highest BCUT2D eigenvalue weighted by Gasteiger charge is 2.26. The first kappa shape index (κ1) is 18.6. The first-order valence-corrected chi connectivity index (χ1v) is 9.01. The number of methoxy groups -OCH3 is 1. The van der Waals surface area contributed by atoms with Crippen molar-refractivity contribution in [3.63, 3.8) is 0 Å². The number of para-hydroxylation sites is 1. The molecule has 2 aromatic heterocycles. The number of carbonyl (C=O) groups excluding carboxylic acids is 2. The maximum absolute atomic E-state index is 13.4. The number of benzene rings is 1. The summed E-state index contributed by atoms with van der Waals surface area (Å²) in [6.07, 6.45) is 3.56. The Labute approximate surface area is 158 Å². The second kappa shape index (κ2) is 8.03. The molecule has 0 aliphatic carbocycles. The molecule has 0 saturated heterocycles. The molecule has 0 atom stereocenters. The van der Waals surface area contributed by atoms with Crippen LogP contribution in [0.5, 0.6) is 0 Å². The van der Waals surface area contributed by atoms with E-state index in [1.807, 2.05) is 37.4 Å². The Bertz CT molecular complexity index is 978. The van der Waals surface area contributed by atoms with Gasteiger partial charge in [0.1, 0.15) is 0 Å². The van der Waals surface area contributed by atoms with Crippen LogP contribution in [0.4, 0.5) is 5.69 Å². The Morgan fingerprint density at radius 1 is 1.15 bits per heavy atom. The molecule has 0 fully saturated rings. The van der Waals surface area contributed by atoms with Crippen molar-refractivity contribution in [1.82, 2.24) is 9.61 Å². The van der Waals surface area contributed by atoms with Crippen LogP contribution in [0.3, 0.4) is 0 Å². The van der Waals surface area contributed by atoms with Crippen LogP contribution < -0.4 is 4.90 Å². The van der Waals surface area contributed by atoms with Crippen LogP contribution in [-0.2, 0) is 4.74 Å². The lowest BCUT2D eigenvalue weighted by Crippen LogP contribution is -2.34. The quantitative estimate of drug-likeness (QED) is 0.622. The van der Waals surface area contributed by atoms with Crippen LogP contribution in [0.2, 0.25) is 0 Å². The number of amides is 1. The standard InChI is InChI=1S/C21H23N3O3/c1-4-5-13-23(18-12-7-6-10-16(18)21(26)27-3)20(25)19-15(2)17-11-8-9-14-24(17)22-19/h6-12,14H,4-5,13H2,1-3H3. The highest BCUT2D eigenvalue weighted by Crippen LogP contribution is 2.25. The van der Waals surface area contributed by atoms with E-state index in [1.165, 1.54) is 7.11 Å². The van der Waals surface area contributed by atoms with Gasteiger partial charge in [-0.15, -0.1) is 0 Å². The smallest absolute Gasteiger partial charge is 0.339 e. The Hall–Kier alpha value is -3.15. The summed E-state index contributed by atoms with van der Waals surface area (Å²) in [7, 11) is 1.34. The minimum absolute atomic E-state index is 0.221. The third-order valence-electron chi connectivity index (χ3n) is 4.57. The van der Waals surface area contributed by atoms with Crippen LogP contribution in [0, 0.1) is 6.92 Å². The number of aryl methyl sites for hydroxylation is 1. The van der Waals surface area contributed by atoms with Gasteiger partial charge in [-0.2, -0.15) is 5.10 Å². The van der Waals surface area contributed by atoms with Gasteiger partial charge in [0.2, 0.25) is 0 Å². The van der Waals surface area contributed by atoms with Gasteiger partial charge in [-0.05, 0) is 37.6 Å². The number of hydrogen-bond acceptors (Lipinski definition) is 4. The maximum Gasteiger partial charge on any atom is 0.339 e. The number of carbonyl (C=O) groups is 2. The molecule has 0 aliphatic rings. The number of anilines is 1. The zero-order valence-corrected chi connectivity index (χ0v) is 15.8. The van der Waals surface area contributed by atoms with E-state index in [-0.39, 0.29) is 5.91 Å². The molecule has 1 amide bonds. The van der Waals surface area contributed by atoms with E-state index >= 15 is 0 Å². The number of fused-ring (bicyclic) bond motifs is 1. The maximum atomic E-state index is 13.4. The zero-order chi connectivity index (χ0) is 19.4. The Balaban J connectivity index is 2.08. The molecule has 1 aromatic carbocycles. The van der Waals surface area contributed by atoms with Gasteiger partial charge in [0.25, 0.3) is 5.91 Å². The van der Waals surface area contributed by atoms with Crippen molar-refractivity contribution in [1.29, 1.82) is 0 Å². The number of ether oxygens (including phenoxy) is 1. The van der Waals surface area contributed by atoms with Crippen molar-refractivity contribution in [2.45, 2.75) is 26.7 Å². The topological polar surface area (TPSA) is 63.9 Å². The Kier molecular flexibility index (Phi) is 5.54. The zero-order valence-electron chi connectivity index (χ0n) is 15.8. The number of rotatable bonds is 6. The number of aromatic nitrogens is 2. The lowest BCUT2D eigenvalue weighted by molar-refractivity contribution is 0.0601. The van der Waals surface area contributed by atoms with Crippen LogP contribution in [0.1, 0.15) is 46.2 Å². The lowest BCUT2D eigenvalue weighted by atomic mass is 10.1. The van der Waals surface area contributed by atoms with Gasteiger partial charge in [0.15, 0.2) is 5.69 Å². The van der Waals surface area contributed by atoms with Crippen molar-refractivity contribution < 1.29 is 14.3 Å². The number of pyridine rings is 1. The molecule has 3 aromatic rings. The molecule has 6 nitrogen and oxygen atoms in total. The molecule has 0 N–H and O–H groups in total. The summed E-state index contributed by atoms with van der Waals surface area (Å²) >= 11 is 0. The molecule has 140 valence electrons. The number of nitrogens with zero attached hydrogens (tertiary/aromatic N) is 3. The average molecular weight is 365 g/mol. The first-order valence-electron chi connectivity index (χ1n) is 9.01. The van der Waals surface area contributed by atoms with Gasteiger partial charge in [-0.3, -0.25) is 4.79 Å². The first-order chi connectivity index (χ1) is 13.1. The van der Waals surface area contributed by atoms with Gasteiger partial charge in [-0.25, -0.2) is 9.31 Å². The van der Waals surface area contributed by atoms with Gasteiger partial charge >= 0.3 is 5.97 Å². The molecule has 0 saturated carbocycles. The van der Waals surface area contributed by atoms with Crippen LogP contribution in [0.25, 0.3) is 5.52 Å². The molecule has 0 aliphatic heterocycles. The van der Waals surface area contributed by atoms with Crippen molar-refractivity contribution in [3.05, 3.63) is 65.5 Å². The molecule has 6 heteroatoms. The monoisotopic (exact) mass is 365 g/mol. The number of esters is 1. The number of hydrogen-bond donors (Lipinski definition) is 0. The normalized spacial score (nSPS) is 10.8. The van der Waals surface area contributed by atoms with E-state index in [4.69, 9.17) is 4.74 Å². The van der Waals surface area contributed by atoms with E-state index in [2.05, 4.69) is 12.0 Å². The summed E-state index contributed by atoms with van der Waals surface area (Å²) in [6.45, 7) is 4.45. The Morgan fingerprint density at radius 3 is 2.59 bits per heavy atom. The summed E-state index contributed by atoms with van der Waals surface area (Å²) < 4.78 is 6.59. The van der Waals surface area contributed by atoms with Crippen molar-refractivity contribution in [2.75, 3.05) is 18.6 Å². The highest BCUT2D eigenvalue weighted by molar-refractivity contribution is 6.10. The second-order valence-electron chi connectivity index (χ2n) is 6.32. The molecule has 2 heterocycles. The van der Waals surface area contributed by atoms with E-state index in [0.29, 0.717) is 23.5 Å².